The van der Waals surface area contributed by atoms with Crippen LogP contribution in [0.5, 0.6) is 17.2 Å². The summed E-state index contributed by atoms with van der Waals surface area (Å²) in [6, 6.07) is 24.2. The number of halogens is 1. The van der Waals surface area contributed by atoms with E-state index in [1.54, 1.807) is 36.4 Å². The third-order valence-corrected chi connectivity index (χ3v) is 7.56. The fourth-order valence-corrected chi connectivity index (χ4v) is 5.44. The maximum absolute atomic E-state index is 13.0. The van der Waals surface area contributed by atoms with E-state index in [2.05, 4.69) is 23.5 Å². The van der Waals surface area contributed by atoms with Crippen LogP contribution in [0.3, 0.4) is 0 Å². The van der Waals surface area contributed by atoms with E-state index in [0.29, 0.717) is 40.1 Å². The van der Waals surface area contributed by atoms with E-state index < -0.39 is 23.6 Å². The predicted octanol–water partition coefficient (Wildman–Crippen LogP) is 6.76. The quantitative estimate of drug-likeness (QED) is 0.216. The molecule has 41 heavy (non-hydrogen) atoms. The smallest absolute Gasteiger partial charge is 0.294 e. The van der Waals surface area contributed by atoms with Crippen molar-refractivity contribution >= 4 is 63.0 Å². The van der Waals surface area contributed by atoms with Crippen molar-refractivity contribution in [1.29, 1.82) is 0 Å². The lowest BCUT2D eigenvalue weighted by molar-refractivity contribution is -0.127. The van der Waals surface area contributed by atoms with Crippen LogP contribution in [-0.2, 0) is 16.2 Å². The normalized spacial score (nSPS) is 14.0. The third kappa shape index (κ3) is 6.32. The second kappa shape index (κ2) is 12.4. The molecule has 3 amide bonds. The Morgan fingerprint density at radius 1 is 0.927 bits per heavy atom. The molecule has 0 radical (unpaired) electrons. The summed E-state index contributed by atoms with van der Waals surface area (Å²) in [5.74, 6) is 0.390. The van der Waals surface area contributed by atoms with Crippen LogP contribution in [-0.4, -0.2) is 42.7 Å². The number of thioether (sulfide) groups is 1. The summed E-state index contributed by atoms with van der Waals surface area (Å²) in [7, 11) is 3.02. The summed E-state index contributed by atoms with van der Waals surface area (Å²) in [4.78, 5) is 39.2. The number of imide groups is 1. The Balaban J connectivity index is 1.25. The monoisotopic (exact) mass is 588 g/mol. The molecular formula is C31H25ClN2O6S. The largest absolute Gasteiger partial charge is 0.495 e. The minimum absolute atomic E-state index is 0.196. The highest BCUT2D eigenvalue weighted by Gasteiger charge is 2.36. The highest BCUT2D eigenvalue weighted by atomic mass is 35.5. The van der Waals surface area contributed by atoms with Gasteiger partial charge >= 0.3 is 0 Å². The zero-order valence-corrected chi connectivity index (χ0v) is 23.8. The van der Waals surface area contributed by atoms with E-state index in [4.69, 9.17) is 25.8 Å². The summed E-state index contributed by atoms with van der Waals surface area (Å²) >= 11 is 6.87. The van der Waals surface area contributed by atoms with Gasteiger partial charge in [-0.25, -0.2) is 0 Å². The molecule has 0 aromatic heterocycles. The molecule has 10 heteroatoms. The molecular weight excluding hydrogens is 564 g/mol. The number of methoxy groups -OCH3 is 2. The van der Waals surface area contributed by atoms with Gasteiger partial charge in [-0.1, -0.05) is 60.1 Å². The second-order valence-corrected chi connectivity index (χ2v) is 10.4. The van der Waals surface area contributed by atoms with Crippen LogP contribution < -0.4 is 19.5 Å². The first-order valence-electron chi connectivity index (χ1n) is 12.5. The van der Waals surface area contributed by atoms with Crippen molar-refractivity contribution in [2.45, 2.75) is 6.61 Å². The van der Waals surface area contributed by atoms with Gasteiger partial charge in [0.25, 0.3) is 11.1 Å². The number of amides is 3. The molecule has 8 nitrogen and oxygen atoms in total. The number of anilines is 1. The van der Waals surface area contributed by atoms with Gasteiger partial charge in [-0.3, -0.25) is 19.3 Å². The molecule has 0 aliphatic carbocycles. The topological polar surface area (TPSA) is 94.2 Å². The molecule has 0 unspecified atom stereocenters. The first-order valence-corrected chi connectivity index (χ1v) is 13.7. The molecule has 1 heterocycles. The van der Waals surface area contributed by atoms with Gasteiger partial charge < -0.3 is 19.5 Å². The van der Waals surface area contributed by atoms with Crippen LogP contribution in [0.1, 0.15) is 11.1 Å². The Morgan fingerprint density at radius 3 is 2.46 bits per heavy atom. The standard InChI is InChI=1S/C31H25ClN2O6S/c1-38-25-13-11-22(16-24(25)32)33-29(35)17-34-30(36)28(41-31(34)37)15-19-10-12-26(27(14-19)39-2)40-18-21-8-5-7-20-6-3-4-9-23(20)21/h3-16H,17-18H2,1-2H3,(H,33,35)/b28-15+. The van der Waals surface area contributed by atoms with E-state index in [1.165, 1.54) is 20.3 Å². The molecule has 5 rings (SSSR count). The fourth-order valence-electron chi connectivity index (χ4n) is 4.34. The van der Waals surface area contributed by atoms with Crippen molar-refractivity contribution in [2.24, 2.45) is 0 Å². The molecule has 0 spiro atoms. The second-order valence-electron chi connectivity index (χ2n) is 9.00. The maximum atomic E-state index is 13.0. The molecule has 0 atom stereocenters. The van der Waals surface area contributed by atoms with Gasteiger partial charge in [-0.15, -0.1) is 0 Å². The van der Waals surface area contributed by atoms with E-state index >= 15 is 0 Å². The minimum Gasteiger partial charge on any atom is -0.495 e. The number of carbonyl (C=O) groups excluding carboxylic acids is 3. The fraction of sp³-hybridized carbons (Fsp3) is 0.129. The van der Waals surface area contributed by atoms with Gasteiger partial charge in [0.1, 0.15) is 18.9 Å². The van der Waals surface area contributed by atoms with Gasteiger partial charge in [0, 0.05) is 5.69 Å². The molecule has 4 aromatic rings. The van der Waals surface area contributed by atoms with Gasteiger partial charge in [-0.2, -0.15) is 0 Å². The lowest BCUT2D eigenvalue weighted by Crippen LogP contribution is -2.36. The summed E-state index contributed by atoms with van der Waals surface area (Å²) in [5.41, 5.74) is 2.10. The number of hydrogen-bond acceptors (Lipinski definition) is 7. The average Bonchev–Trinajstić information content (AvgIpc) is 3.23. The number of nitrogens with one attached hydrogen (secondary N) is 1. The molecule has 1 saturated heterocycles. The Bertz CT molecular complexity index is 1680. The van der Waals surface area contributed by atoms with E-state index in [-0.39, 0.29) is 4.91 Å². The molecule has 4 aromatic carbocycles. The maximum Gasteiger partial charge on any atom is 0.294 e. The van der Waals surface area contributed by atoms with Crippen molar-refractivity contribution in [1.82, 2.24) is 4.90 Å². The lowest BCUT2D eigenvalue weighted by atomic mass is 10.1. The van der Waals surface area contributed by atoms with Gasteiger partial charge in [0.2, 0.25) is 5.91 Å². The Hall–Kier alpha value is -4.47. The van der Waals surface area contributed by atoms with Crippen LogP contribution in [0.2, 0.25) is 5.02 Å². The van der Waals surface area contributed by atoms with Crippen molar-refractivity contribution in [3.05, 3.63) is 99.9 Å². The summed E-state index contributed by atoms with van der Waals surface area (Å²) in [5, 5.41) is 4.67. The lowest BCUT2D eigenvalue weighted by Gasteiger charge is -2.13. The van der Waals surface area contributed by atoms with Crippen LogP contribution in [0.25, 0.3) is 16.8 Å². The van der Waals surface area contributed by atoms with Crippen molar-refractivity contribution < 1.29 is 28.6 Å². The number of benzene rings is 4. The zero-order chi connectivity index (χ0) is 28.9. The van der Waals surface area contributed by atoms with E-state index in [1.807, 2.05) is 24.3 Å². The van der Waals surface area contributed by atoms with Gasteiger partial charge in [0.05, 0.1) is 24.1 Å². The van der Waals surface area contributed by atoms with Crippen molar-refractivity contribution in [3.8, 4) is 17.2 Å². The molecule has 0 saturated carbocycles. The summed E-state index contributed by atoms with van der Waals surface area (Å²) in [6.07, 6.45) is 1.59. The number of hydrogen-bond donors (Lipinski definition) is 1. The van der Waals surface area contributed by atoms with Crippen LogP contribution in [0, 0.1) is 0 Å². The van der Waals surface area contributed by atoms with Crippen LogP contribution in [0.15, 0.2) is 83.8 Å². The number of rotatable bonds is 9. The minimum atomic E-state index is -0.557. The molecule has 1 fully saturated rings. The SMILES string of the molecule is COc1ccc(NC(=O)CN2C(=O)S/C(=C/c3ccc(OCc4cccc5ccccc45)c(OC)c3)C2=O)cc1Cl. The molecule has 1 aliphatic heterocycles. The summed E-state index contributed by atoms with van der Waals surface area (Å²) < 4.78 is 16.7. The van der Waals surface area contributed by atoms with Crippen LogP contribution >= 0.6 is 23.4 Å². The number of ether oxygens (including phenoxy) is 3. The Morgan fingerprint density at radius 2 is 1.68 bits per heavy atom. The van der Waals surface area contributed by atoms with Gasteiger partial charge in [0.15, 0.2) is 11.5 Å². The zero-order valence-electron chi connectivity index (χ0n) is 22.2. The highest BCUT2D eigenvalue weighted by Crippen LogP contribution is 2.35. The molecule has 0 bridgehead atoms. The number of carbonyl (C=O) groups is 3. The molecule has 1 N–H and O–H groups in total. The van der Waals surface area contributed by atoms with Crippen molar-refractivity contribution in [3.63, 3.8) is 0 Å². The molecule has 208 valence electrons. The number of fused-ring (bicyclic) bond motifs is 1. The van der Waals surface area contributed by atoms with Crippen LogP contribution in [0.4, 0.5) is 10.5 Å². The predicted molar refractivity (Wildman–Crippen MR) is 161 cm³/mol. The Kier molecular flexibility index (Phi) is 8.47. The first-order chi connectivity index (χ1) is 19.9. The van der Waals surface area contributed by atoms with Crippen molar-refractivity contribution in [2.75, 3.05) is 26.1 Å². The Labute approximate surface area is 245 Å². The number of nitrogens with zero attached hydrogens (tertiary/aromatic N) is 1. The highest BCUT2D eigenvalue weighted by molar-refractivity contribution is 8.18. The first kappa shape index (κ1) is 28.1. The van der Waals surface area contributed by atoms with E-state index in [9.17, 15) is 14.4 Å². The summed E-state index contributed by atoms with van der Waals surface area (Å²) in [6.45, 7) is -0.0866. The third-order valence-electron chi connectivity index (χ3n) is 6.36. The van der Waals surface area contributed by atoms with Gasteiger partial charge in [-0.05, 0) is 70.1 Å². The average molecular weight is 589 g/mol. The molecule has 1 aliphatic rings. The van der Waals surface area contributed by atoms with E-state index in [0.717, 1.165) is 33.0 Å².